The van der Waals surface area contributed by atoms with Gasteiger partial charge in [-0.05, 0) is 25.2 Å². The first-order valence-electron chi connectivity index (χ1n) is 5.44. The maximum absolute atomic E-state index is 8.76. The Kier molecular flexibility index (Phi) is 6.37. The Hall–Kier alpha value is -1.32. The van der Waals surface area contributed by atoms with Crippen LogP contribution in [0.15, 0.2) is 6.07 Å². The van der Waals surface area contributed by atoms with Crippen molar-refractivity contribution in [3.05, 3.63) is 17.5 Å². The second kappa shape index (κ2) is 7.87. The number of thioether (sulfide) groups is 1. The second-order valence-electron chi connectivity index (χ2n) is 3.45. The van der Waals surface area contributed by atoms with Crippen LogP contribution in [0.4, 0.5) is 5.95 Å². The number of hydrogen-bond acceptors (Lipinski definition) is 6. The Morgan fingerprint density at radius 1 is 1.47 bits per heavy atom. The third kappa shape index (κ3) is 5.52. The Labute approximate surface area is 105 Å². The minimum Gasteiger partial charge on any atom is -0.396 e. The maximum Gasteiger partial charge on any atom is 0.224 e. The van der Waals surface area contributed by atoms with E-state index in [0.717, 1.165) is 30.2 Å². The first-order valence-corrected chi connectivity index (χ1v) is 6.60. The average Bonchev–Trinajstić information content (AvgIpc) is 2.33. The summed E-state index contributed by atoms with van der Waals surface area (Å²) in [6.07, 6.45) is 0.824. The van der Waals surface area contributed by atoms with Gasteiger partial charge in [0, 0.05) is 24.6 Å². The van der Waals surface area contributed by atoms with Crippen molar-refractivity contribution in [1.82, 2.24) is 9.97 Å². The molecule has 0 bridgehead atoms. The van der Waals surface area contributed by atoms with Crippen molar-refractivity contribution in [3.63, 3.8) is 0 Å². The van der Waals surface area contributed by atoms with E-state index in [2.05, 4.69) is 15.3 Å². The van der Waals surface area contributed by atoms with Crippen molar-refractivity contribution in [3.8, 4) is 6.07 Å². The zero-order chi connectivity index (χ0) is 12.5. The molecule has 92 valence electrons. The molecule has 0 fully saturated rings. The molecule has 1 heterocycles. The smallest absolute Gasteiger partial charge is 0.224 e. The molecule has 0 aromatic carbocycles. The van der Waals surface area contributed by atoms with Gasteiger partial charge in [0.15, 0.2) is 0 Å². The Morgan fingerprint density at radius 2 is 2.29 bits per heavy atom. The van der Waals surface area contributed by atoms with E-state index in [1.807, 2.05) is 13.0 Å². The van der Waals surface area contributed by atoms with Crippen LogP contribution in [0.3, 0.4) is 0 Å². The van der Waals surface area contributed by atoms with E-state index < -0.39 is 0 Å². The van der Waals surface area contributed by atoms with Gasteiger partial charge in [0.25, 0.3) is 0 Å². The van der Waals surface area contributed by atoms with Gasteiger partial charge in [0.1, 0.15) is 11.8 Å². The second-order valence-corrected chi connectivity index (χ2v) is 4.67. The highest BCUT2D eigenvalue weighted by molar-refractivity contribution is 7.99. The van der Waals surface area contributed by atoms with Crippen LogP contribution in [0, 0.1) is 18.3 Å². The van der Waals surface area contributed by atoms with Crippen molar-refractivity contribution in [2.24, 2.45) is 0 Å². The molecule has 17 heavy (non-hydrogen) atoms. The molecule has 0 aliphatic carbocycles. The number of rotatable bonds is 7. The van der Waals surface area contributed by atoms with Gasteiger partial charge in [-0.3, -0.25) is 0 Å². The molecule has 1 aromatic rings. The lowest BCUT2D eigenvalue weighted by Gasteiger charge is -2.05. The molecule has 0 atom stereocenters. The van der Waals surface area contributed by atoms with Crippen molar-refractivity contribution in [2.45, 2.75) is 13.3 Å². The van der Waals surface area contributed by atoms with Gasteiger partial charge < -0.3 is 10.4 Å². The van der Waals surface area contributed by atoms with Crippen LogP contribution in [0.25, 0.3) is 0 Å². The predicted molar refractivity (Wildman–Crippen MR) is 69.0 cm³/mol. The zero-order valence-electron chi connectivity index (χ0n) is 9.81. The fourth-order valence-electron chi connectivity index (χ4n) is 1.21. The molecular formula is C11H16N4OS. The van der Waals surface area contributed by atoms with Crippen LogP contribution in [0.2, 0.25) is 0 Å². The molecule has 1 aromatic heterocycles. The zero-order valence-corrected chi connectivity index (χ0v) is 10.6. The summed E-state index contributed by atoms with van der Waals surface area (Å²) >= 11 is 1.77. The van der Waals surface area contributed by atoms with Gasteiger partial charge in [0.05, 0.1) is 0 Å². The minimum absolute atomic E-state index is 0.243. The largest absolute Gasteiger partial charge is 0.396 e. The molecule has 6 heteroatoms. The summed E-state index contributed by atoms with van der Waals surface area (Å²) in [7, 11) is 0. The number of anilines is 1. The van der Waals surface area contributed by atoms with Crippen molar-refractivity contribution in [1.29, 1.82) is 5.26 Å². The molecule has 0 spiro atoms. The van der Waals surface area contributed by atoms with Crippen molar-refractivity contribution < 1.29 is 5.11 Å². The number of hydrogen-bond donors (Lipinski definition) is 2. The van der Waals surface area contributed by atoms with Crippen LogP contribution in [-0.4, -0.2) is 39.7 Å². The van der Waals surface area contributed by atoms with E-state index in [1.165, 1.54) is 0 Å². The first kappa shape index (κ1) is 13.7. The molecular weight excluding hydrogens is 236 g/mol. The number of nitriles is 1. The number of aromatic nitrogens is 2. The molecule has 2 N–H and O–H groups in total. The van der Waals surface area contributed by atoms with Crippen LogP contribution >= 0.6 is 11.8 Å². The number of nitrogens with one attached hydrogen (secondary N) is 1. The molecule has 0 radical (unpaired) electrons. The Morgan fingerprint density at radius 3 is 3.00 bits per heavy atom. The van der Waals surface area contributed by atoms with Gasteiger partial charge in [-0.25, -0.2) is 9.97 Å². The summed E-state index contributed by atoms with van der Waals surface area (Å²) in [5, 5.41) is 20.4. The molecule has 0 saturated heterocycles. The topological polar surface area (TPSA) is 81.8 Å². The lowest BCUT2D eigenvalue weighted by Crippen LogP contribution is -2.09. The van der Waals surface area contributed by atoms with Gasteiger partial charge >= 0.3 is 0 Å². The minimum atomic E-state index is 0.243. The molecule has 0 saturated carbocycles. The van der Waals surface area contributed by atoms with Crippen molar-refractivity contribution >= 4 is 17.7 Å². The van der Waals surface area contributed by atoms with Crippen LogP contribution in [0.5, 0.6) is 0 Å². The van der Waals surface area contributed by atoms with Gasteiger partial charge in [-0.1, -0.05) is 0 Å². The quantitative estimate of drug-likeness (QED) is 0.709. The summed E-state index contributed by atoms with van der Waals surface area (Å²) in [5.74, 6) is 2.39. The molecule has 1 rings (SSSR count). The third-order valence-electron chi connectivity index (χ3n) is 1.95. The van der Waals surface area contributed by atoms with E-state index in [1.54, 1.807) is 17.8 Å². The van der Waals surface area contributed by atoms with E-state index in [9.17, 15) is 0 Å². The number of aryl methyl sites for hydroxylation is 1. The SMILES string of the molecule is Cc1cc(C#N)nc(NCCSCCCO)n1. The summed E-state index contributed by atoms with van der Waals surface area (Å²) in [5.41, 5.74) is 1.17. The highest BCUT2D eigenvalue weighted by Crippen LogP contribution is 2.05. The standard InChI is InChI=1S/C11H16N4OS/c1-9-7-10(8-12)15-11(14-9)13-3-6-17-5-2-4-16/h7,16H,2-6H2,1H3,(H,13,14,15). The van der Waals surface area contributed by atoms with Crippen LogP contribution < -0.4 is 5.32 Å². The molecule has 0 unspecified atom stereocenters. The van der Waals surface area contributed by atoms with Crippen LogP contribution in [0.1, 0.15) is 17.8 Å². The summed E-state index contributed by atoms with van der Waals surface area (Å²) < 4.78 is 0. The number of nitrogens with zero attached hydrogens (tertiary/aromatic N) is 3. The maximum atomic E-state index is 8.76. The fraction of sp³-hybridized carbons (Fsp3) is 0.545. The van der Waals surface area contributed by atoms with Gasteiger partial charge in [-0.2, -0.15) is 17.0 Å². The Bertz CT molecular complexity index is 392. The van der Waals surface area contributed by atoms with Crippen LogP contribution in [-0.2, 0) is 0 Å². The fourth-order valence-corrected chi connectivity index (χ4v) is 1.99. The monoisotopic (exact) mass is 252 g/mol. The first-order chi connectivity index (χ1) is 8.26. The van der Waals surface area contributed by atoms with Crippen molar-refractivity contribution in [2.75, 3.05) is 30.0 Å². The number of aliphatic hydroxyl groups is 1. The summed E-state index contributed by atoms with van der Waals surface area (Å²) in [4.78, 5) is 8.25. The highest BCUT2D eigenvalue weighted by atomic mass is 32.2. The highest BCUT2D eigenvalue weighted by Gasteiger charge is 2.00. The molecule has 0 amide bonds. The predicted octanol–water partition coefficient (Wildman–Crippen LogP) is 1.18. The number of aliphatic hydroxyl groups excluding tert-OH is 1. The van der Waals surface area contributed by atoms with E-state index in [0.29, 0.717) is 11.6 Å². The third-order valence-corrected chi connectivity index (χ3v) is 3.02. The van der Waals surface area contributed by atoms with E-state index in [4.69, 9.17) is 10.4 Å². The van der Waals surface area contributed by atoms with Gasteiger partial charge in [0.2, 0.25) is 5.95 Å². The van der Waals surface area contributed by atoms with Gasteiger partial charge in [-0.15, -0.1) is 0 Å². The van der Waals surface area contributed by atoms with E-state index in [-0.39, 0.29) is 6.61 Å². The lowest BCUT2D eigenvalue weighted by atomic mass is 10.3. The van der Waals surface area contributed by atoms with E-state index >= 15 is 0 Å². The normalized spacial score (nSPS) is 9.94. The summed E-state index contributed by atoms with van der Waals surface area (Å²) in [6, 6.07) is 3.66. The average molecular weight is 252 g/mol. The molecule has 0 aliphatic heterocycles. The Balaban J connectivity index is 2.32. The lowest BCUT2D eigenvalue weighted by molar-refractivity contribution is 0.296. The molecule has 0 aliphatic rings. The summed E-state index contributed by atoms with van der Waals surface area (Å²) in [6.45, 7) is 2.83. The molecule has 5 nitrogen and oxygen atoms in total.